The van der Waals surface area contributed by atoms with Gasteiger partial charge in [0, 0.05) is 46.3 Å². The molecule has 0 aliphatic rings. The van der Waals surface area contributed by atoms with E-state index in [9.17, 15) is 13.6 Å². The van der Waals surface area contributed by atoms with Crippen molar-refractivity contribution >= 4 is 74.3 Å². The van der Waals surface area contributed by atoms with Gasteiger partial charge < -0.3 is 39.4 Å². The third kappa shape index (κ3) is 9.40. The third-order valence-corrected chi connectivity index (χ3v) is 12.0. The Labute approximate surface area is 335 Å². The number of hydrogen-bond donors (Lipinski definition) is 4. The van der Waals surface area contributed by atoms with E-state index in [1.165, 1.54) is 20.5 Å². The van der Waals surface area contributed by atoms with Crippen LogP contribution in [0.4, 0.5) is 33.4 Å². The molecule has 5 aromatic carbocycles. The highest BCUT2D eigenvalue weighted by Crippen LogP contribution is 2.48. The number of urea groups is 1. The van der Waals surface area contributed by atoms with E-state index in [1.807, 2.05) is 61.5 Å². The molecule has 0 saturated heterocycles. The number of hydrogen-bond acceptors (Lipinski definition) is 9. The highest BCUT2D eigenvalue weighted by Gasteiger charge is 2.32. The third-order valence-electron chi connectivity index (χ3n) is 8.93. The van der Waals surface area contributed by atoms with Gasteiger partial charge >= 0.3 is 6.03 Å². The van der Waals surface area contributed by atoms with E-state index in [-0.39, 0.29) is 12.0 Å². The Bertz CT molecular complexity index is 2480. The van der Waals surface area contributed by atoms with E-state index in [1.54, 1.807) is 60.8 Å². The Balaban J connectivity index is 1.22. The van der Waals surface area contributed by atoms with Gasteiger partial charge in [-0.3, -0.25) is 4.57 Å². The predicted octanol–water partition coefficient (Wildman–Crippen LogP) is 9.70. The molecular weight excluding hydrogens is 762 g/mol. The van der Waals surface area contributed by atoms with E-state index in [0.29, 0.717) is 62.2 Å². The minimum Gasteiger partial charge on any atom is -0.496 e. The first-order chi connectivity index (χ1) is 27.3. The van der Waals surface area contributed by atoms with Crippen molar-refractivity contribution in [2.75, 3.05) is 47.8 Å². The molecule has 6 aromatic rings. The van der Waals surface area contributed by atoms with Gasteiger partial charge in [-0.05, 0) is 72.5 Å². The second kappa shape index (κ2) is 17.5. The van der Waals surface area contributed by atoms with Crippen LogP contribution in [0.15, 0.2) is 115 Å². The van der Waals surface area contributed by atoms with Crippen molar-refractivity contribution in [2.45, 2.75) is 33.1 Å². The van der Waals surface area contributed by atoms with Crippen molar-refractivity contribution in [3.05, 3.63) is 121 Å². The number of aromatic nitrogens is 1. The average molecular weight is 808 g/mol. The van der Waals surface area contributed by atoms with Crippen molar-refractivity contribution in [1.82, 2.24) is 4.98 Å². The second-order valence-electron chi connectivity index (χ2n) is 13.9. The summed E-state index contributed by atoms with van der Waals surface area (Å²) in [6.07, 6.45) is 3.16. The highest BCUT2D eigenvalue weighted by molar-refractivity contribution is 7.85. The fourth-order valence-electron chi connectivity index (χ4n) is 6.26. The first kappa shape index (κ1) is 40.8. The van der Waals surface area contributed by atoms with Crippen LogP contribution in [0.25, 0.3) is 10.8 Å². The summed E-state index contributed by atoms with van der Waals surface area (Å²) in [7, 11) is -1.76. The molecule has 0 spiro atoms. The lowest BCUT2D eigenvalue weighted by molar-refractivity contribution is 0.262. The number of fused-ring (bicyclic) bond motifs is 1. The summed E-state index contributed by atoms with van der Waals surface area (Å²) < 4.78 is 52.9. The number of anilines is 5. The van der Waals surface area contributed by atoms with Crippen LogP contribution in [0.2, 0.25) is 0 Å². The van der Waals surface area contributed by atoms with Crippen LogP contribution in [0.5, 0.6) is 23.0 Å². The van der Waals surface area contributed by atoms with Crippen molar-refractivity contribution < 1.29 is 32.3 Å². The van der Waals surface area contributed by atoms with Crippen molar-refractivity contribution in [2.24, 2.45) is 0 Å². The largest absolute Gasteiger partial charge is 0.496 e. The number of carbonyl (C=O) groups is 1. The van der Waals surface area contributed by atoms with Crippen LogP contribution in [-0.2, 0) is 25.5 Å². The summed E-state index contributed by atoms with van der Waals surface area (Å²) >= 11 is 0. The van der Waals surface area contributed by atoms with Gasteiger partial charge in [0.15, 0.2) is 5.75 Å². The summed E-state index contributed by atoms with van der Waals surface area (Å²) in [5.74, 6) is 2.37. The number of pyridine rings is 1. The Morgan fingerprint density at radius 3 is 2.18 bits per heavy atom. The molecule has 0 aliphatic heterocycles. The number of carbonyl (C=O) groups excluding carboxylic acids is 1. The number of amides is 2. The Morgan fingerprint density at radius 2 is 1.49 bits per heavy atom. The number of methoxy groups -OCH3 is 2. The minimum absolute atomic E-state index is 0.262. The summed E-state index contributed by atoms with van der Waals surface area (Å²) in [4.78, 5) is 18.0. The zero-order valence-electron chi connectivity index (χ0n) is 32.8. The van der Waals surface area contributed by atoms with Gasteiger partial charge in [-0.1, -0.05) is 63.2 Å². The van der Waals surface area contributed by atoms with E-state index < -0.39 is 24.4 Å². The maximum Gasteiger partial charge on any atom is 0.323 e. The summed E-state index contributed by atoms with van der Waals surface area (Å²) in [5.41, 5.74) is 2.80. The first-order valence-corrected chi connectivity index (χ1v) is 21.3. The summed E-state index contributed by atoms with van der Waals surface area (Å²) in [5, 5.41) is 11.8. The molecular formula is C43H46N5O7PS. The molecule has 0 radical (unpaired) electrons. The minimum atomic E-state index is -3.42. The molecule has 1 aromatic heterocycles. The quantitative estimate of drug-likeness (QED) is 0.0790. The molecule has 14 heteroatoms. The average Bonchev–Trinajstić information content (AvgIpc) is 3.18. The number of rotatable bonds is 14. The van der Waals surface area contributed by atoms with Crippen molar-refractivity contribution in [3.8, 4) is 23.0 Å². The molecule has 0 bridgehead atoms. The Kier molecular flexibility index (Phi) is 12.5. The summed E-state index contributed by atoms with van der Waals surface area (Å²) in [6.45, 7) is 8.24. The van der Waals surface area contributed by atoms with Crippen LogP contribution < -0.4 is 45.5 Å². The van der Waals surface area contributed by atoms with Crippen LogP contribution in [0.3, 0.4) is 0 Å². The molecule has 2 amide bonds. The van der Waals surface area contributed by atoms with Gasteiger partial charge in [0.05, 0.1) is 43.2 Å². The van der Waals surface area contributed by atoms with Crippen LogP contribution >= 0.6 is 7.37 Å². The lowest BCUT2D eigenvalue weighted by Crippen LogP contribution is -2.21. The van der Waals surface area contributed by atoms with Gasteiger partial charge in [-0.25, -0.2) is 14.0 Å². The monoisotopic (exact) mass is 807 g/mol. The normalized spacial score (nSPS) is 12.9. The first-order valence-electron chi connectivity index (χ1n) is 18.1. The molecule has 4 N–H and O–H groups in total. The van der Waals surface area contributed by atoms with E-state index in [2.05, 4.69) is 46.4 Å². The molecule has 2 unspecified atom stereocenters. The molecule has 296 valence electrons. The Morgan fingerprint density at radius 1 is 0.789 bits per heavy atom. The van der Waals surface area contributed by atoms with Gasteiger partial charge in [0.25, 0.3) is 7.37 Å². The SMILES string of the molecule is CCOP(=O)(c1ccccc1)c1ccc(Nc2cc(Oc3ccc(NC(=O)Nc4cc(C(C)(C)C)cc(NS(C)=O)c4OC)c4ccccc34)ccn2)cc1OC. The van der Waals surface area contributed by atoms with Crippen molar-refractivity contribution in [1.29, 1.82) is 0 Å². The molecule has 0 aliphatic carbocycles. The van der Waals surface area contributed by atoms with Gasteiger partial charge in [0.1, 0.15) is 34.1 Å². The number of ether oxygens (including phenoxy) is 3. The van der Waals surface area contributed by atoms with Crippen LogP contribution in [0.1, 0.15) is 33.3 Å². The lowest BCUT2D eigenvalue weighted by atomic mass is 9.86. The number of benzene rings is 5. The fourth-order valence-corrected chi connectivity index (χ4v) is 8.93. The smallest absolute Gasteiger partial charge is 0.323 e. The zero-order valence-corrected chi connectivity index (χ0v) is 34.5. The van der Waals surface area contributed by atoms with Crippen LogP contribution in [0, 0.1) is 0 Å². The molecule has 12 nitrogen and oxygen atoms in total. The topological polar surface area (TPSA) is 149 Å². The lowest BCUT2D eigenvalue weighted by Gasteiger charge is -2.24. The summed E-state index contributed by atoms with van der Waals surface area (Å²) in [6, 6.07) is 32.3. The van der Waals surface area contributed by atoms with E-state index in [0.717, 1.165) is 16.3 Å². The van der Waals surface area contributed by atoms with Crippen molar-refractivity contribution in [3.63, 3.8) is 0 Å². The fraction of sp³-hybridized carbons (Fsp3) is 0.209. The molecule has 57 heavy (non-hydrogen) atoms. The maximum absolute atomic E-state index is 14.2. The molecule has 0 fully saturated rings. The molecule has 0 saturated carbocycles. The number of nitrogens with zero attached hydrogens (tertiary/aromatic N) is 1. The molecule has 1 heterocycles. The maximum atomic E-state index is 14.2. The van der Waals surface area contributed by atoms with Gasteiger partial charge in [-0.15, -0.1) is 0 Å². The Hall–Kier alpha value is -5.88. The van der Waals surface area contributed by atoms with Crippen LogP contribution in [-0.4, -0.2) is 42.3 Å². The predicted molar refractivity (Wildman–Crippen MR) is 232 cm³/mol. The standard InChI is InChI=1S/C43H46N5O7PS/c1-8-54-56(50,31-14-10-9-11-15-31)39-21-18-29(26-38(39)52-5)45-40-27-30(22-23-44-40)55-37-20-19-34(32-16-12-13-17-33(32)37)46-42(49)47-35-24-28(43(2,3)4)25-36(41(35)53-6)48-57(7)51/h9-27,48H,8H2,1-7H3,(H,44,45)(H2,46,47,49). The molecule has 2 atom stereocenters. The zero-order chi connectivity index (χ0) is 40.7. The van der Waals surface area contributed by atoms with E-state index >= 15 is 0 Å². The second-order valence-corrected chi connectivity index (χ2v) is 17.4. The highest BCUT2D eigenvalue weighted by atomic mass is 32.2. The number of nitrogens with one attached hydrogen (secondary N) is 4. The van der Waals surface area contributed by atoms with Gasteiger partial charge in [0.2, 0.25) is 0 Å². The van der Waals surface area contributed by atoms with Gasteiger partial charge in [-0.2, -0.15) is 0 Å². The van der Waals surface area contributed by atoms with E-state index in [4.69, 9.17) is 18.7 Å². The molecule has 6 rings (SSSR count).